The molecule has 0 unspecified atom stereocenters. The first-order valence-electron chi connectivity index (χ1n) is 4.89. The number of hydrogen-bond donors (Lipinski definition) is 3. The van der Waals surface area contributed by atoms with Crippen molar-refractivity contribution in [3.05, 3.63) is 16.3 Å². The average molecular weight is 255 g/mol. The summed E-state index contributed by atoms with van der Waals surface area (Å²) in [4.78, 5) is 30.3. The third-order valence-electron chi connectivity index (χ3n) is 2.10. The van der Waals surface area contributed by atoms with Crippen LogP contribution in [0.25, 0.3) is 0 Å². The molecule has 1 rings (SSSR count). The van der Waals surface area contributed by atoms with Crippen LogP contribution in [0.2, 0.25) is 0 Å². The number of carbonyl (C=O) groups excluding carboxylic acids is 1. The van der Waals surface area contributed by atoms with Crippen molar-refractivity contribution >= 4 is 23.4 Å². The number of rotatable bonds is 5. The summed E-state index contributed by atoms with van der Waals surface area (Å²) in [6.45, 7) is -0.0711. The molecule has 1 aromatic heterocycles. The maximum Gasteiger partial charge on any atom is 0.329 e. The van der Waals surface area contributed by atoms with Gasteiger partial charge in [0, 0.05) is 14.1 Å². The van der Waals surface area contributed by atoms with Gasteiger partial charge in [-0.25, -0.2) is 10.8 Å². The molecule has 0 bridgehead atoms. The van der Waals surface area contributed by atoms with E-state index >= 15 is 0 Å². The number of nitrogen functional groups attached to an aromatic ring is 1. The average Bonchev–Trinajstić information content (AvgIpc) is 2.37. The van der Waals surface area contributed by atoms with Crippen LogP contribution < -0.4 is 21.5 Å². The van der Waals surface area contributed by atoms with E-state index < -0.39 is 4.92 Å². The maximum absolute atomic E-state index is 11.2. The minimum atomic E-state index is -0.629. The number of nitrogens with one attached hydrogen (secondary N) is 2. The third kappa shape index (κ3) is 3.01. The number of aromatic nitrogens is 2. The van der Waals surface area contributed by atoms with Crippen LogP contribution in [0.3, 0.4) is 0 Å². The van der Waals surface area contributed by atoms with E-state index in [1.807, 2.05) is 0 Å². The lowest BCUT2D eigenvalue weighted by molar-refractivity contribution is -0.384. The van der Waals surface area contributed by atoms with Gasteiger partial charge < -0.3 is 10.2 Å². The standard InChI is InChI=1S/C8H13N7O3/c1-10-6(16)4-14(2)7-5(15(17)18)3-11-8(12-7)13-9/h3H,4,9H2,1-2H3,(H,10,16)(H,11,12,13). The Bertz CT molecular complexity index is 464. The monoisotopic (exact) mass is 255 g/mol. The van der Waals surface area contributed by atoms with E-state index in [0.717, 1.165) is 6.20 Å². The van der Waals surface area contributed by atoms with Crippen molar-refractivity contribution < 1.29 is 9.72 Å². The van der Waals surface area contributed by atoms with Crippen molar-refractivity contribution in [2.24, 2.45) is 5.84 Å². The SMILES string of the molecule is CNC(=O)CN(C)c1nc(NN)ncc1[N+](=O)[O-]. The van der Waals surface area contributed by atoms with Crippen LogP contribution in [0, 0.1) is 10.1 Å². The Hall–Kier alpha value is -2.49. The summed E-state index contributed by atoms with van der Waals surface area (Å²) < 4.78 is 0. The fraction of sp³-hybridized carbons (Fsp3) is 0.375. The van der Waals surface area contributed by atoms with Crippen LogP contribution in [0.15, 0.2) is 6.20 Å². The molecule has 1 amide bonds. The molecule has 18 heavy (non-hydrogen) atoms. The minimum Gasteiger partial charge on any atom is -0.358 e. The highest BCUT2D eigenvalue weighted by atomic mass is 16.6. The molecule has 0 aromatic carbocycles. The normalized spacial score (nSPS) is 9.72. The topological polar surface area (TPSA) is 139 Å². The van der Waals surface area contributed by atoms with Crippen LogP contribution in [0.1, 0.15) is 0 Å². The van der Waals surface area contributed by atoms with Gasteiger partial charge in [-0.05, 0) is 0 Å². The highest BCUT2D eigenvalue weighted by molar-refractivity contribution is 5.81. The van der Waals surface area contributed by atoms with E-state index in [9.17, 15) is 14.9 Å². The van der Waals surface area contributed by atoms with Crippen LogP contribution in [0.4, 0.5) is 17.5 Å². The van der Waals surface area contributed by atoms with E-state index in [1.165, 1.54) is 19.0 Å². The summed E-state index contributed by atoms with van der Waals surface area (Å²) in [5.41, 5.74) is 1.88. The van der Waals surface area contributed by atoms with E-state index in [2.05, 4.69) is 20.7 Å². The summed E-state index contributed by atoms with van der Waals surface area (Å²) in [5, 5.41) is 13.2. The van der Waals surface area contributed by atoms with Crippen molar-refractivity contribution in [2.45, 2.75) is 0 Å². The smallest absolute Gasteiger partial charge is 0.329 e. The third-order valence-corrected chi connectivity index (χ3v) is 2.10. The van der Waals surface area contributed by atoms with Crippen molar-refractivity contribution in [1.29, 1.82) is 0 Å². The summed E-state index contributed by atoms with van der Waals surface area (Å²) >= 11 is 0. The molecule has 4 N–H and O–H groups in total. The van der Waals surface area contributed by atoms with Gasteiger partial charge in [0.25, 0.3) is 0 Å². The van der Waals surface area contributed by atoms with Gasteiger partial charge in [0.1, 0.15) is 6.20 Å². The second-order valence-electron chi connectivity index (χ2n) is 3.33. The predicted octanol–water partition coefficient (Wildman–Crippen LogP) is -1.15. The van der Waals surface area contributed by atoms with Gasteiger partial charge in [0.2, 0.25) is 17.7 Å². The Labute approximate surface area is 102 Å². The van der Waals surface area contributed by atoms with Gasteiger partial charge in [-0.1, -0.05) is 0 Å². The van der Waals surface area contributed by atoms with E-state index in [4.69, 9.17) is 5.84 Å². The number of hydrogen-bond acceptors (Lipinski definition) is 8. The molecule has 0 spiro atoms. The first kappa shape index (κ1) is 13.6. The van der Waals surface area contributed by atoms with Crippen molar-refractivity contribution in [3.63, 3.8) is 0 Å². The molecule has 1 aromatic rings. The first-order chi connectivity index (χ1) is 8.49. The van der Waals surface area contributed by atoms with E-state index in [-0.39, 0.29) is 29.9 Å². The largest absolute Gasteiger partial charge is 0.358 e. The number of carbonyl (C=O) groups is 1. The molecule has 0 fully saturated rings. The Morgan fingerprint density at radius 1 is 1.67 bits per heavy atom. The van der Waals surface area contributed by atoms with Crippen LogP contribution in [-0.2, 0) is 4.79 Å². The summed E-state index contributed by atoms with van der Waals surface area (Å²) in [7, 11) is 2.97. The van der Waals surface area contributed by atoms with Gasteiger partial charge in [-0.15, -0.1) is 0 Å². The fourth-order valence-electron chi connectivity index (χ4n) is 1.22. The van der Waals surface area contributed by atoms with Gasteiger partial charge >= 0.3 is 5.69 Å². The Balaban J connectivity index is 3.10. The first-order valence-corrected chi connectivity index (χ1v) is 4.89. The second kappa shape index (κ2) is 5.72. The van der Waals surface area contributed by atoms with Crippen LogP contribution in [-0.4, -0.2) is 41.4 Å². The minimum absolute atomic E-state index is 0.00606. The molecular weight excluding hydrogens is 242 g/mol. The van der Waals surface area contributed by atoms with Crippen LogP contribution in [0.5, 0.6) is 0 Å². The molecule has 0 aliphatic carbocycles. The molecule has 98 valence electrons. The van der Waals surface area contributed by atoms with Crippen molar-refractivity contribution in [3.8, 4) is 0 Å². The molecule has 0 aliphatic rings. The lowest BCUT2D eigenvalue weighted by atomic mass is 10.4. The Kier molecular flexibility index (Phi) is 4.32. The number of amides is 1. The number of likely N-dealkylation sites (N-methyl/N-ethyl adjacent to an activating group) is 2. The molecular formula is C8H13N7O3. The number of nitro groups is 1. The second-order valence-corrected chi connectivity index (χ2v) is 3.33. The Morgan fingerprint density at radius 3 is 2.83 bits per heavy atom. The van der Waals surface area contributed by atoms with E-state index in [1.54, 1.807) is 0 Å². The zero-order valence-electron chi connectivity index (χ0n) is 9.88. The highest BCUT2D eigenvalue weighted by Crippen LogP contribution is 2.24. The summed E-state index contributed by atoms with van der Waals surface area (Å²) in [6, 6.07) is 0. The lowest BCUT2D eigenvalue weighted by Gasteiger charge is -2.16. The number of nitrogens with two attached hydrogens (primary N) is 1. The zero-order chi connectivity index (χ0) is 13.7. The molecule has 10 nitrogen and oxygen atoms in total. The fourth-order valence-corrected chi connectivity index (χ4v) is 1.22. The molecule has 0 saturated carbocycles. The van der Waals surface area contributed by atoms with E-state index in [0.29, 0.717) is 0 Å². The predicted molar refractivity (Wildman–Crippen MR) is 63.8 cm³/mol. The molecule has 10 heteroatoms. The Morgan fingerprint density at radius 2 is 2.33 bits per heavy atom. The molecule has 0 atom stereocenters. The zero-order valence-corrected chi connectivity index (χ0v) is 9.88. The number of hydrazine groups is 1. The summed E-state index contributed by atoms with van der Waals surface area (Å²) in [6.07, 6.45) is 1.03. The maximum atomic E-state index is 11.2. The van der Waals surface area contributed by atoms with Gasteiger partial charge in [-0.2, -0.15) is 4.98 Å². The highest BCUT2D eigenvalue weighted by Gasteiger charge is 2.21. The van der Waals surface area contributed by atoms with Gasteiger partial charge in [-0.3, -0.25) is 20.3 Å². The van der Waals surface area contributed by atoms with Crippen molar-refractivity contribution in [1.82, 2.24) is 15.3 Å². The van der Waals surface area contributed by atoms with Crippen LogP contribution >= 0.6 is 0 Å². The number of anilines is 2. The molecule has 0 aliphatic heterocycles. The van der Waals surface area contributed by atoms with Gasteiger partial charge in [0.05, 0.1) is 11.5 Å². The van der Waals surface area contributed by atoms with Gasteiger partial charge in [0.15, 0.2) is 0 Å². The quantitative estimate of drug-likeness (QED) is 0.340. The molecule has 0 saturated heterocycles. The number of nitrogens with zero attached hydrogens (tertiary/aromatic N) is 4. The molecule has 1 heterocycles. The lowest BCUT2D eigenvalue weighted by Crippen LogP contribution is -2.34. The van der Waals surface area contributed by atoms with Crippen molar-refractivity contribution in [2.75, 3.05) is 31.0 Å². The molecule has 0 radical (unpaired) electrons. The summed E-state index contributed by atoms with van der Waals surface area (Å²) in [5.74, 6) is 4.86.